The van der Waals surface area contributed by atoms with Gasteiger partial charge in [0.15, 0.2) is 0 Å². The van der Waals surface area contributed by atoms with Crippen LogP contribution in [-0.4, -0.2) is 17.2 Å². The summed E-state index contributed by atoms with van der Waals surface area (Å²) in [6, 6.07) is 7.50. The zero-order valence-electron chi connectivity index (χ0n) is 9.49. The van der Waals surface area contributed by atoms with Crippen LogP contribution < -0.4 is 0 Å². The van der Waals surface area contributed by atoms with Gasteiger partial charge in [0.05, 0.1) is 0 Å². The topological polar surface area (TPSA) is 37.3 Å². The van der Waals surface area contributed by atoms with E-state index in [9.17, 15) is 9.18 Å². The molecular formula is C13H14BrFO2. The molecule has 1 aromatic carbocycles. The lowest BCUT2D eigenvalue weighted by Crippen LogP contribution is -2.14. The average Bonchev–Trinajstić information content (AvgIpc) is 2.81. The largest absolute Gasteiger partial charge is 0.481 e. The van der Waals surface area contributed by atoms with Crippen LogP contribution in [0.3, 0.4) is 0 Å². The number of alkyl halides is 1. The molecule has 0 heterocycles. The number of carboxylic acids is 1. The molecule has 0 aromatic heterocycles. The Morgan fingerprint density at radius 3 is 2.41 bits per heavy atom. The summed E-state index contributed by atoms with van der Waals surface area (Å²) in [5.41, 5.74) is 0.320. The van der Waals surface area contributed by atoms with Gasteiger partial charge in [-0.05, 0) is 24.1 Å². The molecule has 1 saturated carbocycles. The van der Waals surface area contributed by atoms with Gasteiger partial charge in [0.25, 0.3) is 0 Å². The fraction of sp³-hybridized carbons (Fsp3) is 0.462. The van der Waals surface area contributed by atoms with E-state index in [4.69, 9.17) is 5.11 Å². The quantitative estimate of drug-likeness (QED) is 0.923. The second kappa shape index (κ2) is 4.41. The van der Waals surface area contributed by atoms with E-state index in [0.717, 1.165) is 10.0 Å². The highest BCUT2D eigenvalue weighted by molar-refractivity contribution is 9.10. The van der Waals surface area contributed by atoms with Gasteiger partial charge < -0.3 is 5.11 Å². The Morgan fingerprint density at radius 2 is 2.00 bits per heavy atom. The number of carbonyl (C=O) groups is 1. The summed E-state index contributed by atoms with van der Waals surface area (Å²) >= 11 is 3.34. The van der Waals surface area contributed by atoms with Crippen LogP contribution in [0.5, 0.6) is 0 Å². The zero-order valence-corrected chi connectivity index (χ0v) is 11.1. The molecule has 1 fully saturated rings. The van der Waals surface area contributed by atoms with Crippen molar-refractivity contribution >= 4 is 21.9 Å². The van der Waals surface area contributed by atoms with Crippen LogP contribution in [-0.2, 0) is 10.2 Å². The van der Waals surface area contributed by atoms with Crippen molar-refractivity contribution in [3.05, 3.63) is 34.3 Å². The van der Waals surface area contributed by atoms with E-state index in [1.807, 2.05) is 31.2 Å². The maximum atomic E-state index is 13.9. The molecule has 3 unspecified atom stereocenters. The lowest BCUT2D eigenvalue weighted by Gasteiger charge is -2.15. The van der Waals surface area contributed by atoms with Gasteiger partial charge in [0.1, 0.15) is 6.17 Å². The first kappa shape index (κ1) is 12.6. The second-order valence-corrected chi connectivity index (χ2v) is 5.55. The van der Waals surface area contributed by atoms with Crippen LogP contribution in [0.25, 0.3) is 0 Å². The molecule has 4 heteroatoms. The number of rotatable bonds is 4. The summed E-state index contributed by atoms with van der Waals surface area (Å²) in [5, 5.41) is 8.74. The van der Waals surface area contributed by atoms with E-state index in [1.54, 1.807) is 0 Å². The first-order valence-corrected chi connectivity index (χ1v) is 6.39. The molecule has 0 radical (unpaired) electrons. The van der Waals surface area contributed by atoms with E-state index in [1.165, 1.54) is 0 Å². The smallest absolute Gasteiger partial charge is 0.303 e. The van der Waals surface area contributed by atoms with Gasteiger partial charge in [0, 0.05) is 22.2 Å². The van der Waals surface area contributed by atoms with Crippen LogP contribution >= 0.6 is 15.9 Å². The molecule has 0 aliphatic heterocycles. The molecule has 1 aromatic rings. The standard InChI is InChI=1S/C13H14BrFO2/c1-8-12(15)13(8,7-6-11(16)17)9-2-4-10(14)5-3-9/h2-5,8,12H,6-7H2,1H3,(H,16,17). The number of halogens is 2. The fourth-order valence-electron chi connectivity index (χ4n) is 2.58. The van der Waals surface area contributed by atoms with E-state index < -0.39 is 17.6 Å². The molecular weight excluding hydrogens is 287 g/mol. The molecule has 17 heavy (non-hydrogen) atoms. The summed E-state index contributed by atoms with van der Waals surface area (Å²) in [4.78, 5) is 10.6. The Kier molecular flexibility index (Phi) is 3.25. The molecule has 92 valence electrons. The average molecular weight is 301 g/mol. The minimum atomic E-state index is -0.928. The molecule has 0 bridgehead atoms. The summed E-state index contributed by atoms with van der Waals surface area (Å²) in [6.07, 6.45) is -0.546. The third kappa shape index (κ3) is 2.10. The number of carboxylic acid groups (broad SMARTS) is 1. The van der Waals surface area contributed by atoms with Crippen LogP contribution in [0.2, 0.25) is 0 Å². The maximum absolute atomic E-state index is 13.9. The highest BCUT2D eigenvalue weighted by Gasteiger charge is 2.63. The van der Waals surface area contributed by atoms with Crippen molar-refractivity contribution in [2.75, 3.05) is 0 Å². The van der Waals surface area contributed by atoms with Crippen molar-refractivity contribution in [1.82, 2.24) is 0 Å². The lowest BCUT2D eigenvalue weighted by molar-refractivity contribution is -0.137. The maximum Gasteiger partial charge on any atom is 0.303 e. The molecule has 0 amide bonds. The molecule has 0 saturated heterocycles. The van der Waals surface area contributed by atoms with E-state index in [-0.39, 0.29) is 12.3 Å². The first-order chi connectivity index (χ1) is 7.98. The number of aliphatic carboxylic acids is 1. The van der Waals surface area contributed by atoms with Gasteiger partial charge >= 0.3 is 5.97 Å². The van der Waals surface area contributed by atoms with Gasteiger partial charge in [-0.2, -0.15) is 0 Å². The van der Waals surface area contributed by atoms with E-state index in [2.05, 4.69) is 15.9 Å². The van der Waals surface area contributed by atoms with Crippen molar-refractivity contribution in [3.63, 3.8) is 0 Å². The molecule has 1 aliphatic rings. The third-order valence-electron chi connectivity index (χ3n) is 3.77. The Labute approximate surface area is 108 Å². The number of hydrogen-bond donors (Lipinski definition) is 1. The predicted octanol–water partition coefficient (Wildman–Crippen LogP) is 3.54. The number of hydrogen-bond acceptors (Lipinski definition) is 1. The second-order valence-electron chi connectivity index (χ2n) is 4.63. The summed E-state index contributed by atoms with van der Waals surface area (Å²) < 4.78 is 14.8. The van der Waals surface area contributed by atoms with Crippen molar-refractivity contribution in [1.29, 1.82) is 0 Å². The Balaban J connectivity index is 2.24. The number of benzene rings is 1. The Morgan fingerprint density at radius 1 is 1.47 bits per heavy atom. The van der Waals surface area contributed by atoms with E-state index in [0.29, 0.717) is 6.42 Å². The SMILES string of the molecule is CC1C(F)C1(CCC(=O)O)c1ccc(Br)cc1. The molecule has 2 nitrogen and oxygen atoms in total. The van der Waals surface area contributed by atoms with Crippen molar-refractivity contribution in [2.45, 2.75) is 31.4 Å². The first-order valence-electron chi connectivity index (χ1n) is 5.60. The summed E-state index contributed by atoms with van der Waals surface area (Å²) in [5.74, 6) is -0.962. The van der Waals surface area contributed by atoms with Crippen LogP contribution in [0, 0.1) is 5.92 Å². The van der Waals surface area contributed by atoms with Gasteiger partial charge in [0.2, 0.25) is 0 Å². The normalized spacial score (nSPS) is 31.2. The molecule has 1 aliphatic carbocycles. The van der Waals surface area contributed by atoms with Crippen molar-refractivity contribution in [2.24, 2.45) is 5.92 Å². The summed E-state index contributed by atoms with van der Waals surface area (Å²) in [6.45, 7) is 1.84. The summed E-state index contributed by atoms with van der Waals surface area (Å²) in [7, 11) is 0. The minimum absolute atomic E-state index is 0.0147. The molecule has 2 rings (SSSR count). The Bertz CT molecular complexity index is 422. The van der Waals surface area contributed by atoms with Crippen molar-refractivity contribution < 1.29 is 14.3 Å². The predicted molar refractivity (Wildman–Crippen MR) is 66.7 cm³/mol. The Hall–Kier alpha value is -0.900. The van der Waals surface area contributed by atoms with Gasteiger partial charge in [-0.1, -0.05) is 35.0 Å². The van der Waals surface area contributed by atoms with E-state index >= 15 is 0 Å². The molecule has 1 N–H and O–H groups in total. The zero-order chi connectivity index (χ0) is 12.6. The molecule has 0 spiro atoms. The molecule has 3 atom stereocenters. The van der Waals surface area contributed by atoms with Crippen LogP contribution in [0.15, 0.2) is 28.7 Å². The van der Waals surface area contributed by atoms with Gasteiger partial charge in [-0.25, -0.2) is 4.39 Å². The highest BCUT2D eigenvalue weighted by Crippen LogP contribution is 2.59. The van der Waals surface area contributed by atoms with Crippen LogP contribution in [0.4, 0.5) is 4.39 Å². The van der Waals surface area contributed by atoms with Crippen LogP contribution in [0.1, 0.15) is 25.3 Å². The highest BCUT2D eigenvalue weighted by atomic mass is 79.9. The minimum Gasteiger partial charge on any atom is -0.481 e. The van der Waals surface area contributed by atoms with Gasteiger partial charge in [-0.15, -0.1) is 0 Å². The fourth-order valence-corrected chi connectivity index (χ4v) is 2.84. The van der Waals surface area contributed by atoms with Gasteiger partial charge in [-0.3, -0.25) is 4.79 Å². The third-order valence-corrected chi connectivity index (χ3v) is 4.30. The monoisotopic (exact) mass is 300 g/mol. The van der Waals surface area contributed by atoms with Crippen molar-refractivity contribution in [3.8, 4) is 0 Å². The lowest BCUT2D eigenvalue weighted by atomic mass is 9.88.